The number of nitrogens with one attached hydrogen (secondary N) is 1. The summed E-state index contributed by atoms with van der Waals surface area (Å²) < 4.78 is 26.8. The van der Waals surface area contributed by atoms with Crippen molar-refractivity contribution in [3.8, 4) is 0 Å². The third-order valence-electron chi connectivity index (χ3n) is 2.88. The van der Waals surface area contributed by atoms with Gasteiger partial charge in [-0.25, -0.2) is 13.1 Å². The molecule has 0 spiro atoms. The molecule has 1 aromatic rings. The number of nitrogens with two attached hydrogens (primary N) is 1. The van der Waals surface area contributed by atoms with E-state index in [1.807, 2.05) is 11.8 Å². The number of thioether (sulfide) groups is 1. The molecular formula is C12H18N2O2S2. The lowest BCUT2D eigenvalue weighted by Crippen LogP contribution is -2.37. The summed E-state index contributed by atoms with van der Waals surface area (Å²) in [5, 5.41) is 0. The van der Waals surface area contributed by atoms with E-state index in [-0.39, 0.29) is 11.8 Å². The van der Waals surface area contributed by atoms with Gasteiger partial charge < -0.3 is 5.73 Å². The lowest BCUT2D eigenvalue weighted by Gasteiger charge is -2.22. The molecule has 3 N–H and O–H groups in total. The van der Waals surface area contributed by atoms with Crippen LogP contribution < -0.4 is 10.5 Å². The molecule has 0 bridgehead atoms. The van der Waals surface area contributed by atoms with E-state index in [1.54, 1.807) is 24.3 Å². The van der Waals surface area contributed by atoms with Crippen molar-refractivity contribution in [1.29, 1.82) is 0 Å². The maximum atomic E-state index is 12.0. The van der Waals surface area contributed by atoms with Gasteiger partial charge in [0.25, 0.3) is 0 Å². The zero-order chi connectivity index (χ0) is 13.0. The van der Waals surface area contributed by atoms with Gasteiger partial charge in [0, 0.05) is 11.7 Å². The third kappa shape index (κ3) is 4.19. The Morgan fingerprint density at radius 1 is 1.33 bits per heavy atom. The Kier molecular flexibility index (Phi) is 4.53. The zero-order valence-corrected chi connectivity index (χ0v) is 11.8. The molecule has 1 aliphatic heterocycles. The van der Waals surface area contributed by atoms with Gasteiger partial charge in [-0.2, -0.15) is 11.8 Å². The number of hydrogen-bond donors (Lipinski definition) is 2. The predicted octanol–water partition coefficient (Wildman–Crippen LogP) is 1.58. The molecule has 6 heteroatoms. The Hall–Kier alpha value is -0.720. The Balaban J connectivity index is 1.98. The highest BCUT2D eigenvalue weighted by atomic mass is 32.2. The van der Waals surface area contributed by atoms with Crippen molar-refractivity contribution in [3.05, 3.63) is 29.8 Å². The van der Waals surface area contributed by atoms with E-state index in [0.29, 0.717) is 5.69 Å². The molecule has 0 atom stereocenters. The summed E-state index contributed by atoms with van der Waals surface area (Å²) in [6, 6.07) is 7.11. The second-order valence-electron chi connectivity index (χ2n) is 4.51. The number of benzene rings is 1. The first-order chi connectivity index (χ1) is 8.55. The van der Waals surface area contributed by atoms with Gasteiger partial charge >= 0.3 is 0 Å². The second kappa shape index (κ2) is 5.95. The minimum Gasteiger partial charge on any atom is -0.399 e. The minimum absolute atomic E-state index is 0.00167. The molecule has 2 rings (SSSR count). The molecule has 1 aliphatic rings. The quantitative estimate of drug-likeness (QED) is 0.824. The van der Waals surface area contributed by atoms with Crippen LogP contribution in [0.5, 0.6) is 0 Å². The van der Waals surface area contributed by atoms with Crippen LogP contribution in [0.25, 0.3) is 0 Å². The van der Waals surface area contributed by atoms with Gasteiger partial charge in [0.05, 0.1) is 5.75 Å². The average Bonchev–Trinajstić information content (AvgIpc) is 2.28. The summed E-state index contributed by atoms with van der Waals surface area (Å²) in [7, 11) is -3.27. The van der Waals surface area contributed by atoms with Gasteiger partial charge in [0.15, 0.2) is 0 Å². The van der Waals surface area contributed by atoms with Crippen molar-refractivity contribution < 1.29 is 8.42 Å². The summed E-state index contributed by atoms with van der Waals surface area (Å²) >= 11 is 1.88. The molecule has 100 valence electrons. The summed E-state index contributed by atoms with van der Waals surface area (Å²) in [5.74, 6) is 2.07. The number of nitrogen functional groups attached to an aromatic ring is 1. The zero-order valence-electron chi connectivity index (χ0n) is 10.1. The molecule has 1 fully saturated rings. The maximum absolute atomic E-state index is 12.0. The van der Waals surface area contributed by atoms with Crippen LogP contribution >= 0.6 is 11.8 Å². The molecule has 1 heterocycles. The summed E-state index contributed by atoms with van der Waals surface area (Å²) in [5.41, 5.74) is 6.97. The van der Waals surface area contributed by atoms with Gasteiger partial charge in [-0.15, -0.1) is 0 Å². The van der Waals surface area contributed by atoms with Crippen LogP contribution in [0.1, 0.15) is 18.4 Å². The molecule has 0 amide bonds. The maximum Gasteiger partial charge on any atom is 0.216 e. The van der Waals surface area contributed by atoms with Crippen molar-refractivity contribution in [3.63, 3.8) is 0 Å². The Morgan fingerprint density at radius 2 is 2.06 bits per heavy atom. The highest BCUT2D eigenvalue weighted by molar-refractivity contribution is 7.99. The highest BCUT2D eigenvalue weighted by Gasteiger charge is 2.20. The Labute approximate surface area is 112 Å². The highest BCUT2D eigenvalue weighted by Crippen LogP contribution is 2.18. The first-order valence-electron chi connectivity index (χ1n) is 5.97. The number of hydrogen-bond acceptors (Lipinski definition) is 4. The fourth-order valence-electron chi connectivity index (χ4n) is 2.01. The van der Waals surface area contributed by atoms with E-state index in [4.69, 9.17) is 5.73 Å². The van der Waals surface area contributed by atoms with Crippen LogP contribution in [-0.2, 0) is 15.8 Å². The molecular weight excluding hydrogens is 268 g/mol. The molecule has 18 heavy (non-hydrogen) atoms. The molecule has 0 aliphatic carbocycles. The molecule has 0 saturated carbocycles. The number of anilines is 1. The lowest BCUT2D eigenvalue weighted by atomic mass is 10.2. The molecule has 0 radical (unpaired) electrons. The Morgan fingerprint density at radius 3 is 2.72 bits per heavy atom. The van der Waals surface area contributed by atoms with Gasteiger partial charge in [0.2, 0.25) is 10.0 Å². The van der Waals surface area contributed by atoms with Gasteiger partial charge in [-0.3, -0.25) is 0 Å². The van der Waals surface area contributed by atoms with E-state index in [0.717, 1.165) is 29.9 Å². The van der Waals surface area contributed by atoms with Crippen LogP contribution in [0.15, 0.2) is 24.3 Å². The SMILES string of the molecule is Nc1cccc(CS(=O)(=O)NC2CCSCC2)c1. The van der Waals surface area contributed by atoms with Crippen molar-refractivity contribution in [1.82, 2.24) is 4.72 Å². The topological polar surface area (TPSA) is 72.2 Å². The summed E-state index contributed by atoms with van der Waals surface area (Å²) in [6.07, 6.45) is 1.83. The van der Waals surface area contributed by atoms with Crippen LogP contribution in [0.3, 0.4) is 0 Å². The van der Waals surface area contributed by atoms with Gasteiger partial charge in [-0.05, 0) is 42.0 Å². The van der Waals surface area contributed by atoms with Gasteiger partial charge in [-0.1, -0.05) is 12.1 Å². The number of rotatable bonds is 4. The van der Waals surface area contributed by atoms with Crippen LogP contribution in [0.4, 0.5) is 5.69 Å². The van der Waals surface area contributed by atoms with Gasteiger partial charge in [0.1, 0.15) is 0 Å². The van der Waals surface area contributed by atoms with E-state index in [2.05, 4.69) is 4.72 Å². The average molecular weight is 286 g/mol. The van der Waals surface area contributed by atoms with Crippen LogP contribution in [0, 0.1) is 0 Å². The largest absolute Gasteiger partial charge is 0.399 e. The first-order valence-corrected chi connectivity index (χ1v) is 8.78. The minimum atomic E-state index is -3.27. The Bertz CT molecular complexity index is 497. The monoisotopic (exact) mass is 286 g/mol. The van der Waals surface area contributed by atoms with Crippen LogP contribution in [0.2, 0.25) is 0 Å². The molecule has 1 aromatic carbocycles. The smallest absolute Gasteiger partial charge is 0.216 e. The summed E-state index contributed by atoms with van der Waals surface area (Å²) in [6.45, 7) is 0. The second-order valence-corrected chi connectivity index (χ2v) is 7.49. The third-order valence-corrected chi connectivity index (χ3v) is 5.33. The van der Waals surface area contributed by atoms with E-state index < -0.39 is 10.0 Å². The fourth-order valence-corrected chi connectivity index (χ4v) is 4.57. The van der Waals surface area contributed by atoms with Crippen LogP contribution in [-0.4, -0.2) is 26.0 Å². The summed E-state index contributed by atoms with van der Waals surface area (Å²) in [4.78, 5) is 0. The van der Waals surface area contributed by atoms with E-state index in [1.165, 1.54) is 0 Å². The molecule has 0 unspecified atom stereocenters. The lowest BCUT2D eigenvalue weighted by molar-refractivity contribution is 0.528. The van der Waals surface area contributed by atoms with E-state index in [9.17, 15) is 8.42 Å². The van der Waals surface area contributed by atoms with Crippen molar-refractivity contribution in [2.75, 3.05) is 17.2 Å². The first kappa shape index (κ1) is 13.7. The fraction of sp³-hybridized carbons (Fsp3) is 0.500. The van der Waals surface area contributed by atoms with Crippen molar-refractivity contribution >= 4 is 27.5 Å². The standard InChI is InChI=1S/C12H18N2O2S2/c13-11-3-1-2-10(8-11)9-18(15,16)14-12-4-6-17-7-5-12/h1-3,8,12,14H,4-7,9,13H2. The molecule has 4 nitrogen and oxygen atoms in total. The van der Waals surface area contributed by atoms with Crippen molar-refractivity contribution in [2.24, 2.45) is 0 Å². The molecule has 1 saturated heterocycles. The number of sulfonamides is 1. The van der Waals surface area contributed by atoms with Crippen molar-refractivity contribution in [2.45, 2.75) is 24.6 Å². The normalized spacial score (nSPS) is 17.8. The van der Waals surface area contributed by atoms with E-state index >= 15 is 0 Å². The molecule has 0 aromatic heterocycles. The predicted molar refractivity (Wildman–Crippen MR) is 77.0 cm³/mol.